The highest BCUT2D eigenvalue weighted by Crippen LogP contribution is 2.16. The van der Waals surface area contributed by atoms with Crippen LogP contribution in [0.3, 0.4) is 0 Å². The molecule has 0 N–H and O–H groups in total. The average Bonchev–Trinajstić information content (AvgIpc) is 2.35. The molecule has 0 aromatic heterocycles. The van der Waals surface area contributed by atoms with E-state index < -0.39 is 5.97 Å². The van der Waals surface area contributed by atoms with Gasteiger partial charge in [0.15, 0.2) is 0 Å². The van der Waals surface area contributed by atoms with Gasteiger partial charge in [0.25, 0.3) is 0 Å². The van der Waals surface area contributed by atoms with Crippen molar-refractivity contribution in [2.45, 2.75) is 13.8 Å². The van der Waals surface area contributed by atoms with Gasteiger partial charge in [-0.1, -0.05) is 12.6 Å². The van der Waals surface area contributed by atoms with Gasteiger partial charge in [-0.15, -0.1) is 0 Å². The van der Waals surface area contributed by atoms with E-state index in [1.165, 1.54) is 30.3 Å². The molecule has 0 aliphatic heterocycles. The highest BCUT2D eigenvalue weighted by atomic mass is 19.1. The lowest BCUT2D eigenvalue weighted by Crippen LogP contribution is -2.19. The number of hydrazone groups is 1. The normalized spacial score (nSPS) is 10.9. The minimum atomic E-state index is -0.513. The first-order valence-electron chi connectivity index (χ1n) is 5.48. The van der Waals surface area contributed by atoms with Crippen LogP contribution in [0.25, 0.3) is 0 Å². The zero-order valence-corrected chi connectivity index (χ0v) is 10.4. The second kappa shape index (κ2) is 6.54. The fraction of sp³-hybridized carbons (Fsp3) is 0.231. The Morgan fingerprint density at radius 1 is 1.61 bits per heavy atom. The minimum absolute atomic E-state index is 0.168. The molecule has 0 spiro atoms. The Hall–Kier alpha value is -2.17. The highest BCUT2D eigenvalue weighted by Gasteiger charge is 2.09. The number of ether oxygens (including phenoxy) is 1. The number of hydrogen-bond acceptors (Lipinski definition) is 4. The van der Waals surface area contributed by atoms with E-state index in [1.807, 2.05) is 0 Å². The smallest absolute Gasteiger partial charge is 0.354 e. The molecular weight excluding hydrogens is 235 g/mol. The van der Waals surface area contributed by atoms with E-state index in [2.05, 4.69) is 11.7 Å². The third-order valence-corrected chi connectivity index (χ3v) is 2.07. The molecule has 0 radical (unpaired) electrons. The molecule has 0 aliphatic rings. The van der Waals surface area contributed by atoms with E-state index >= 15 is 0 Å². The Bertz CT molecular complexity index is 472. The first-order valence-corrected chi connectivity index (χ1v) is 5.48. The first kappa shape index (κ1) is 13.9. The molecule has 0 atom stereocenters. The second-order valence-corrected chi connectivity index (χ2v) is 3.41. The van der Waals surface area contributed by atoms with E-state index in [-0.39, 0.29) is 18.1 Å². The van der Waals surface area contributed by atoms with Crippen LogP contribution in [0.15, 0.2) is 42.1 Å². The summed E-state index contributed by atoms with van der Waals surface area (Å²) in [5.41, 5.74) is 0.648. The van der Waals surface area contributed by atoms with E-state index in [1.54, 1.807) is 19.1 Å². The standard InChI is InChI=1S/C13H15FN2O2/c1-4-16(12-8-6-7-11(14)9-12)15-10(3)13(17)18-5-2/h4,6-9H,1,5H2,2-3H3/b15-10+. The predicted octanol–water partition coefficient (Wildman–Crippen LogP) is 2.71. The van der Waals surface area contributed by atoms with Crippen LogP contribution in [0.4, 0.5) is 10.1 Å². The topological polar surface area (TPSA) is 41.9 Å². The van der Waals surface area contributed by atoms with Gasteiger partial charge in [0.1, 0.15) is 11.5 Å². The highest BCUT2D eigenvalue weighted by molar-refractivity contribution is 6.35. The fourth-order valence-electron chi connectivity index (χ4n) is 1.26. The van der Waals surface area contributed by atoms with Crippen LogP contribution in [-0.4, -0.2) is 18.3 Å². The molecule has 1 aromatic rings. The molecule has 1 aromatic carbocycles. The molecule has 0 bridgehead atoms. The van der Waals surface area contributed by atoms with Crippen molar-refractivity contribution >= 4 is 17.4 Å². The SMILES string of the molecule is C=CN(/N=C(\C)C(=O)OCC)c1cccc(F)c1. The number of carbonyl (C=O) groups excluding carboxylic acids is 1. The summed E-state index contributed by atoms with van der Waals surface area (Å²) < 4.78 is 17.9. The zero-order valence-electron chi connectivity index (χ0n) is 10.4. The van der Waals surface area contributed by atoms with Gasteiger partial charge in [0.05, 0.1) is 12.3 Å². The third-order valence-electron chi connectivity index (χ3n) is 2.07. The number of carbonyl (C=O) groups is 1. The maximum absolute atomic E-state index is 13.1. The number of halogens is 1. The van der Waals surface area contributed by atoms with E-state index in [0.29, 0.717) is 5.69 Å². The monoisotopic (exact) mass is 250 g/mol. The van der Waals surface area contributed by atoms with Crippen LogP contribution in [0.1, 0.15) is 13.8 Å². The number of hydrogen-bond donors (Lipinski definition) is 0. The summed E-state index contributed by atoms with van der Waals surface area (Å²) in [4.78, 5) is 11.4. The molecular formula is C13H15FN2O2. The van der Waals surface area contributed by atoms with Gasteiger partial charge in [-0.3, -0.25) is 0 Å². The Balaban J connectivity index is 2.94. The van der Waals surface area contributed by atoms with E-state index in [4.69, 9.17) is 4.74 Å². The van der Waals surface area contributed by atoms with Crippen molar-refractivity contribution in [2.24, 2.45) is 5.10 Å². The largest absolute Gasteiger partial charge is 0.461 e. The van der Waals surface area contributed by atoms with Crippen molar-refractivity contribution in [1.29, 1.82) is 0 Å². The van der Waals surface area contributed by atoms with Crippen LogP contribution in [0.5, 0.6) is 0 Å². The Morgan fingerprint density at radius 3 is 2.89 bits per heavy atom. The minimum Gasteiger partial charge on any atom is -0.461 e. The van der Waals surface area contributed by atoms with Crippen molar-refractivity contribution in [1.82, 2.24) is 0 Å². The van der Waals surface area contributed by atoms with Crippen LogP contribution < -0.4 is 5.01 Å². The van der Waals surface area contributed by atoms with Crippen molar-refractivity contribution in [3.05, 3.63) is 42.9 Å². The Morgan fingerprint density at radius 2 is 2.33 bits per heavy atom. The molecule has 0 heterocycles. The van der Waals surface area contributed by atoms with Gasteiger partial charge in [0, 0.05) is 6.20 Å². The summed E-state index contributed by atoms with van der Waals surface area (Å²) in [6.45, 7) is 7.08. The van der Waals surface area contributed by atoms with Gasteiger partial charge in [-0.2, -0.15) is 5.10 Å². The summed E-state index contributed by atoms with van der Waals surface area (Å²) in [5, 5.41) is 5.33. The zero-order chi connectivity index (χ0) is 13.5. The summed E-state index contributed by atoms with van der Waals surface area (Å²) in [6.07, 6.45) is 1.39. The van der Waals surface area contributed by atoms with Crippen LogP contribution in [-0.2, 0) is 9.53 Å². The van der Waals surface area contributed by atoms with Gasteiger partial charge >= 0.3 is 5.97 Å². The molecule has 18 heavy (non-hydrogen) atoms. The van der Waals surface area contributed by atoms with Crippen molar-refractivity contribution in [2.75, 3.05) is 11.6 Å². The quantitative estimate of drug-likeness (QED) is 0.458. The van der Waals surface area contributed by atoms with Gasteiger partial charge in [0.2, 0.25) is 0 Å². The molecule has 0 saturated heterocycles. The molecule has 5 heteroatoms. The van der Waals surface area contributed by atoms with Crippen LogP contribution in [0.2, 0.25) is 0 Å². The Labute approximate surface area is 105 Å². The van der Waals surface area contributed by atoms with Gasteiger partial charge in [-0.25, -0.2) is 14.2 Å². The summed E-state index contributed by atoms with van der Waals surface area (Å²) in [5.74, 6) is -0.899. The van der Waals surface area contributed by atoms with Gasteiger partial charge in [-0.05, 0) is 32.0 Å². The van der Waals surface area contributed by atoms with Crippen molar-refractivity contribution in [3.63, 3.8) is 0 Å². The summed E-state index contributed by atoms with van der Waals surface area (Å²) in [6, 6.07) is 5.83. The Kier molecular flexibility index (Phi) is 5.05. The number of anilines is 1. The lowest BCUT2D eigenvalue weighted by molar-refractivity contribution is -0.135. The maximum atomic E-state index is 13.1. The molecule has 96 valence electrons. The van der Waals surface area contributed by atoms with E-state index in [0.717, 1.165) is 0 Å². The number of benzene rings is 1. The van der Waals surface area contributed by atoms with Crippen molar-refractivity contribution in [3.8, 4) is 0 Å². The lowest BCUT2D eigenvalue weighted by Gasteiger charge is -2.14. The molecule has 0 fully saturated rings. The molecule has 0 saturated carbocycles. The third kappa shape index (κ3) is 3.69. The fourth-order valence-corrected chi connectivity index (χ4v) is 1.26. The number of nitrogens with zero attached hydrogens (tertiary/aromatic N) is 2. The number of rotatable bonds is 5. The molecule has 0 amide bonds. The van der Waals surface area contributed by atoms with Gasteiger partial charge < -0.3 is 4.74 Å². The average molecular weight is 250 g/mol. The molecule has 0 unspecified atom stereocenters. The summed E-state index contributed by atoms with van der Waals surface area (Å²) in [7, 11) is 0. The first-order chi connectivity index (χ1) is 8.58. The predicted molar refractivity (Wildman–Crippen MR) is 68.8 cm³/mol. The van der Waals surface area contributed by atoms with Crippen LogP contribution >= 0.6 is 0 Å². The van der Waals surface area contributed by atoms with Crippen molar-refractivity contribution < 1.29 is 13.9 Å². The lowest BCUT2D eigenvalue weighted by atomic mass is 10.3. The molecule has 0 aliphatic carbocycles. The molecule has 4 nitrogen and oxygen atoms in total. The summed E-state index contributed by atoms with van der Waals surface area (Å²) >= 11 is 0. The number of esters is 1. The second-order valence-electron chi connectivity index (χ2n) is 3.41. The molecule has 1 rings (SSSR count). The van der Waals surface area contributed by atoms with Crippen LogP contribution in [0, 0.1) is 5.82 Å². The maximum Gasteiger partial charge on any atom is 0.354 e. The van der Waals surface area contributed by atoms with E-state index in [9.17, 15) is 9.18 Å².